The van der Waals surface area contributed by atoms with Crippen LogP contribution >= 0.6 is 0 Å². The van der Waals surface area contributed by atoms with Crippen molar-refractivity contribution in [1.29, 1.82) is 0 Å². The minimum Gasteiger partial charge on any atom is -0.466 e. The predicted molar refractivity (Wildman–Crippen MR) is 53.2 cm³/mol. The van der Waals surface area contributed by atoms with Crippen molar-refractivity contribution in [2.45, 2.75) is 19.1 Å². The zero-order valence-corrected chi connectivity index (χ0v) is 9.31. The van der Waals surface area contributed by atoms with Crippen LogP contribution in [0.3, 0.4) is 0 Å². The molecule has 0 bridgehead atoms. The molecule has 0 fully saturated rings. The normalized spacial score (nSPS) is 13.5. The fourth-order valence-electron chi connectivity index (χ4n) is 1.10. The summed E-state index contributed by atoms with van der Waals surface area (Å²) in [6, 6.07) is 0.952. The van der Waals surface area contributed by atoms with Crippen LogP contribution in [-0.4, -0.2) is 24.8 Å². The molecule has 0 aliphatic rings. The van der Waals surface area contributed by atoms with E-state index in [4.69, 9.17) is 0 Å². The van der Waals surface area contributed by atoms with E-state index in [1.54, 1.807) is 14.0 Å². The molecule has 1 aromatic heterocycles. The van der Waals surface area contributed by atoms with E-state index >= 15 is 0 Å². The fraction of sp³-hybridized carbons (Fsp3) is 0.500. The van der Waals surface area contributed by atoms with Gasteiger partial charge in [-0.1, -0.05) is 0 Å². The van der Waals surface area contributed by atoms with Gasteiger partial charge in [-0.25, -0.2) is 9.37 Å². The number of nitrogens with zero attached hydrogens (tertiary/aromatic N) is 1. The number of ether oxygens (including phenoxy) is 1. The summed E-state index contributed by atoms with van der Waals surface area (Å²) in [5, 5.41) is 2.86. The molecule has 0 radical (unpaired) electrons. The van der Waals surface area contributed by atoms with E-state index in [9.17, 15) is 17.6 Å². The highest BCUT2D eigenvalue weighted by Crippen LogP contribution is 2.21. The van der Waals surface area contributed by atoms with Gasteiger partial charge in [-0.2, -0.15) is 13.2 Å². The first-order valence-corrected chi connectivity index (χ1v) is 4.85. The lowest BCUT2D eigenvalue weighted by molar-refractivity contribution is -0.154. The van der Waals surface area contributed by atoms with Crippen molar-refractivity contribution in [3.05, 3.63) is 23.6 Å². The average Bonchev–Trinajstić information content (AvgIpc) is 2.25. The maximum atomic E-state index is 13.3. The molecule has 0 saturated heterocycles. The standard InChI is InChI=1S/C10H12F4N2O/c1-6(15-2)7-3-8(11)9(16-4-7)17-5-10(12,13)14/h3-4,6,15H,5H2,1-2H3. The molecule has 1 aromatic rings. The molecule has 0 aromatic carbocycles. The molecular formula is C10H12F4N2O. The lowest BCUT2D eigenvalue weighted by atomic mass is 10.1. The Balaban J connectivity index is 2.76. The highest BCUT2D eigenvalue weighted by Gasteiger charge is 2.29. The molecular weight excluding hydrogens is 240 g/mol. The van der Waals surface area contributed by atoms with Crippen LogP contribution in [0.25, 0.3) is 0 Å². The van der Waals surface area contributed by atoms with Gasteiger partial charge in [-0.3, -0.25) is 0 Å². The van der Waals surface area contributed by atoms with E-state index in [0.717, 1.165) is 6.07 Å². The van der Waals surface area contributed by atoms with Gasteiger partial charge in [0.15, 0.2) is 12.4 Å². The molecule has 1 rings (SSSR count). The molecule has 96 valence electrons. The number of alkyl halides is 3. The van der Waals surface area contributed by atoms with Gasteiger partial charge in [0.25, 0.3) is 5.88 Å². The van der Waals surface area contributed by atoms with Gasteiger partial charge in [-0.15, -0.1) is 0 Å². The van der Waals surface area contributed by atoms with Gasteiger partial charge >= 0.3 is 6.18 Å². The molecule has 0 aliphatic heterocycles. The lowest BCUT2D eigenvalue weighted by Gasteiger charge is -2.12. The van der Waals surface area contributed by atoms with Crippen LogP contribution in [0.4, 0.5) is 17.6 Å². The molecule has 0 spiro atoms. The van der Waals surface area contributed by atoms with Crippen LogP contribution in [-0.2, 0) is 0 Å². The quantitative estimate of drug-likeness (QED) is 0.836. The van der Waals surface area contributed by atoms with E-state index in [-0.39, 0.29) is 6.04 Å². The third kappa shape index (κ3) is 4.18. The average molecular weight is 252 g/mol. The highest BCUT2D eigenvalue weighted by atomic mass is 19.4. The van der Waals surface area contributed by atoms with Gasteiger partial charge < -0.3 is 10.1 Å². The summed E-state index contributed by atoms with van der Waals surface area (Å²) in [6.07, 6.45) is -3.24. The van der Waals surface area contributed by atoms with Crippen molar-refractivity contribution < 1.29 is 22.3 Å². The summed E-state index contributed by atoms with van der Waals surface area (Å²) in [6.45, 7) is 0.213. The molecule has 1 unspecified atom stereocenters. The summed E-state index contributed by atoms with van der Waals surface area (Å²) in [5.74, 6) is -1.55. The SMILES string of the molecule is CNC(C)c1cnc(OCC(F)(F)F)c(F)c1. The number of hydrogen-bond acceptors (Lipinski definition) is 3. The monoisotopic (exact) mass is 252 g/mol. The Morgan fingerprint density at radius 3 is 2.59 bits per heavy atom. The molecule has 17 heavy (non-hydrogen) atoms. The third-order valence-corrected chi connectivity index (χ3v) is 2.13. The number of hydrogen-bond donors (Lipinski definition) is 1. The largest absolute Gasteiger partial charge is 0.466 e. The van der Waals surface area contributed by atoms with Crippen molar-refractivity contribution in [3.63, 3.8) is 0 Å². The van der Waals surface area contributed by atoms with Gasteiger partial charge in [0.05, 0.1) is 0 Å². The first-order valence-electron chi connectivity index (χ1n) is 4.85. The second-order valence-electron chi connectivity index (χ2n) is 3.47. The number of aromatic nitrogens is 1. The van der Waals surface area contributed by atoms with E-state index < -0.39 is 24.5 Å². The first-order chi connectivity index (χ1) is 7.83. The third-order valence-electron chi connectivity index (χ3n) is 2.13. The smallest absolute Gasteiger partial charge is 0.422 e. The van der Waals surface area contributed by atoms with E-state index in [1.807, 2.05) is 0 Å². The highest BCUT2D eigenvalue weighted by molar-refractivity contribution is 5.22. The molecule has 3 nitrogen and oxygen atoms in total. The van der Waals surface area contributed by atoms with Crippen LogP contribution in [0.2, 0.25) is 0 Å². The zero-order valence-electron chi connectivity index (χ0n) is 9.31. The van der Waals surface area contributed by atoms with Gasteiger partial charge in [-0.05, 0) is 25.6 Å². The van der Waals surface area contributed by atoms with Gasteiger partial charge in [0, 0.05) is 12.2 Å². The van der Waals surface area contributed by atoms with Crippen molar-refractivity contribution >= 4 is 0 Å². The number of pyridine rings is 1. The van der Waals surface area contributed by atoms with Crippen LogP contribution in [0.15, 0.2) is 12.3 Å². The molecule has 7 heteroatoms. The van der Waals surface area contributed by atoms with Crippen molar-refractivity contribution in [2.75, 3.05) is 13.7 Å². The van der Waals surface area contributed by atoms with Crippen LogP contribution in [0, 0.1) is 5.82 Å². The predicted octanol–water partition coefficient (Wildman–Crippen LogP) is 2.44. The topological polar surface area (TPSA) is 34.2 Å². The summed E-state index contributed by atoms with van der Waals surface area (Å²) in [5.41, 5.74) is 0.532. The first kappa shape index (κ1) is 13.7. The fourth-order valence-corrected chi connectivity index (χ4v) is 1.10. The van der Waals surface area contributed by atoms with Gasteiger partial charge in [0.2, 0.25) is 0 Å². The molecule has 1 N–H and O–H groups in total. The molecule has 1 heterocycles. The summed E-state index contributed by atoms with van der Waals surface area (Å²) in [4.78, 5) is 3.51. The Kier molecular flexibility index (Phi) is 4.28. The summed E-state index contributed by atoms with van der Waals surface area (Å²) < 4.78 is 53.1. The van der Waals surface area contributed by atoms with Crippen LogP contribution < -0.4 is 10.1 Å². The summed E-state index contributed by atoms with van der Waals surface area (Å²) >= 11 is 0. The maximum absolute atomic E-state index is 13.3. The zero-order chi connectivity index (χ0) is 13.1. The van der Waals surface area contributed by atoms with Crippen molar-refractivity contribution in [3.8, 4) is 5.88 Å². The van der Waals surface area contributed by atoms with Crippen LogP contribution in [0.5, 0.6) is 5.88 Å². The van der Waals surface area contributed by atoms with Gasteiger partial charge in [0.1, 0.15) is 0 Å². The lowest BCUT2D eigenvalue weighted by Crippen LogP contribution is -2.20. The minimum atomic E-state index is -4.51. The number of rotatable bonds is 4. The Morgan fingerprint density at radius 1 is 1.47 bits per heavy atom. The van der Waals surface area contributed by atoms with E-state index in [2.05, 4.69) is 15.0 Å². The van der Waals surface area contributed by atoms with Crippen LogP contribution in [0.1, 0.15) is 18.5 Å². The van der Waals surface area contributed by atoms with E-state index in [1.165, 1.54) is 6.20 Å². The molecule has 0 saturated carbocycles. The van der Waals surface area contributed by atoms with Crippen molar-refractivity contribution in [1.82, 2.24) is 10.3 Å². The second kappa shape index (κ2) is 5.31. The number of nitrogens with one attached hydrogen (secondary N) is 1. The molecule has 0 aliphatic carbocycles. The van der Waals surface area contributed by atoms with Crippen molar-refractivity contribution in [2.24, 2.45) is 0 Å². The second-order valence-corrected chi connectivity index (χ2v) is 3.47. The number of halogens is 4. The Morgan fingerprint density at radius 2 is 2.12 bits per heavy atom. The Hall–Kier alpha value is -1.37. The Labute approximate surface area is 95.8 Å². The van der Waals surface area contributed by atoms with E-state index in [0.29, 0.717) is 5.56 Å². The molecule has 0 amide bonds. The molecule has 1 atom stereocenters. The minimum absolute atomic E-state index is 0.145. The maximum Gasteiger partial charge on any atom is 0.422 e. The summed E-state index contributed by atoms with van der Waals surface area (Å²) in [7, 11) is 1.68. The Bertz CT molecular complexity index is 381.